The van der Waals surface area contributed by atoms with E-state index in [-0.39, 0.29) is 20.5 Å². The maximum atomic E-state index is 15.2. The summed E-state index contributed by atoms with van der Waals surface area (Å²) in [4.78, 5) is 12.4. The normalized spacial score (nSPS) is 16.5. The Labute approximate surface area is 207 Å². The summed E-state index contributed by atoms with van der Waals surface area (Å²) in [5, 5.41) is 13.8. The summed E-state index contributed by atoms with van der Waals surface area (Å²) in [5.41, 5.74) is 1.19. The first-order valence-electron chi connectivity index (χ1n) is 10.1. The summed E-state index contributed by atoms with van der Waals surface area (Å²) in [6, 6.07) is 11.7. The predicted molar refractivity (Wildman–Crippen MR) is 128 cm³/mol. The zero-order valence-corrected chi connectivity index (χ0v) is 20.7. The standard InChI is InChI=1S/C21H19BrF2N4O4S2/c22-18-16(25-14-6-8-27(12-14)11-13-4-2-1-3-5-13)10-15(23)20(19(18)24)34(31,32)28(21(29)30)17-7-9-33-26-17/h1-5,7,9-10,14,25H,6,8,11-12H2,(H,29,30)/t14-/m0/s1. The van der Waals surface area contributed by atoms with Crippen molar-refractivity contribution in [3.05, 3.63) is 69.5 Å². The lowest BCUT2D eigenvalue weighted by Crippen LogP contribution is -2.37. The van der Waals surface area contributed by atoms with Crippen LogP contribution in [0.2, 0.25) is 0 Å². The van der Waals surface area contributed by atoms with Crippen molar-refractivity contribution in [3.63, 3.8) is 0 Å². The third kappa shape index (κ3) is 4.92. The van der Waals surface area contributed by atoms with Gasteiger partial charge in [-0.15, -0.1) is 4.31 Å². The van der Waals surface area contributed by atoms with E-state index in [0.717, 1.165) is 48.7 Å². The number of benzene rings is 2. The van der Waals surface area contributed by atoms with E-state index in [2.05, 4.69) is 30.5 Å². The van der Waals surface area contributed by atoms with Gasteiger partial charge in [-0.3, -0.25) is 4.90 Å². The SMILES string of the molecule is O=C(O)N(c1ccsn1)S(=O)(=O)c1c(F)cc(N[C@H]2CCN(Cc3ccccc3)C2)c(Br)c1F. The first-order chi connectivity index (χ1) is 16.2. The summed E-state index contributed by atoms with van der Waals surface area (Å²) in [5.74, 6) is -3.31. The molecule has 0 radical (unpaired) electrons. The van der Waals surface area contributed by atoms with Crippen LogP contribution in [0.25, 0.3) is 0 Å². The fourth-order valence-corrected chi connectivity index (χ4v) is 6.28. The number of nitrogens with zero attached hydrogens (tertiary/aromatic N) is 3. The Balaban J connectivity index is 1.56. The van der Waals surface area contributed by atoms with E-state index < -0.39 is 38.5 Å². The van der Waals surface area contributed by atoms with E-state index in [9.17, 15) is 22.7 Å². The molecule has 13 heteroatoms. The Morgan fingerprint density at radius 1 is 1.29 bits per heavy atom. The number of nitrogens with one attached hydrogen (secondary N) is 1. The summed E-state index contributed by atoms with van der Waals surface area (Å²) < 4.78 is 59.2. The number of anilines is 2. The Morgan fingerprint density at radius 2 is 2.03 bits per heavy atom. The van der Waals surface area contributed by atoms with Crippen molar-refractivity contribution in [2.45, 2.75) is 23.9 Å². The quantitative estimate of drug-likeness (QED) is 0.394. The molecule has 0 bridgehead atoms. The first kappa shape index (κ1) is 24.5. The molecule has 0 unspecified atom stereocenters. The van der Waals surface area contributed by atoms with Crippen molar-refractivity contribution in [1.29, 1.82) is 0 Å². The van der Waals surface area contributed by atoms with Crippen molar-refractivity contribution in [2.24, 2.45) is 0 Å². The van der Waals surface area contributed by atoms with Crippen molar-refractivity contribution in [1.82, 2.24) is 9.27 Å². The van der Waals surface area contributed by atoms with Gasteiger partial charge in [-0.1, -0.05) is 30.3 Å². The number of carbonyl (C=O) groups is 1. The zero-order chi connectivity index (χ0) is 24.5. The Bertz CT molecular complexity index is 1290. The number of hydrogen-bond acceptors (Lipinski definition) is 7. The number of aromatic nitrogens is 1. The summed E-state index contributed by atoms with van der Waals surface area (Å²) >= 11 is 3.81. The molecule has 2 N–H and O–H groups in total. The molecule has 3 aromatic rings. The zero-order valence-electron chi connectivity index (χ0n) is 17.5. The molecular weight excluding hydrogens is 554 g/mol. The minimum atomic E-state index is -5.13. The predicted octanol–water partition coefficient (Wildman–Crippen LogP) is 4.74. The molecule has 1 atom stereocenters. The van der Waals surface area contributed by atoms with Gasteiger partial charge in [0.05, 0.1) is 10.2 Å². The van der Waals surface area contributed by atoms with Crippen LogP contribution < -0.4 is 9.62 Å². The van der Waals surface area contributed by atoms with Gasteiger partial charge in [0.15, 0.2) is 16.5 Å². The van der Waals surface area contributed by atoms with Crippen molar-refractivity contribution in [2.75, 3.05) is 22.7 Å². The van der Waals surface area contributed by atoms with E-state index in [1.807, 2.05) is 30.3 Å². The molecule has 1 fully saturated rings. The topological polar surface area (TPSA) is 103 Å². The molecule has 1 amide bonds. The van der Waals surface area contributed by atoms with Gasteiger partial charge in [0.2, 0.25) is 0 Å². The van der Waals surface area contributed by atoms with Crippen LogP contribution in [0.1, 0.15) is 12.0 Å². The number of rotatable bonds is 7. The van der Waals surface area contributed by atoms with Gasteiger partial charge in [0, 0.05) is 31.1 Å². The van der Waals surface area contributed by atoms with Crippen LogP contribution in [0.4, 0.5) is 25.1 Å². The van der Waals surface area contributed by atoms with Crippen molar-refractivity contribution < 1.29 is 27.1 Å². The number of carboxylic acid groups (broad SMARTS) is 1. The number of amides is 1. The molecular formula is C21H19BrF2N4O4S2. The van der Waals surface area contributed by atoms with Crippen LogP contribution in [0, 0.1) is 11.6 Å². The van der Waals surface area contributed by atoms with E-state index in [1.165, 1.54) is 5.38 Å². The van der Waals surface area contributed by atoms with Gasteiger partial charge in [0.25, 0.3) is 10.0 Å². The fourth-order valence-electron chi connectivity index (χ4n) is 3.80. The second-order valence-electron chi connectivity index (χ2n) is 7.62. The lowest BCUT2D eigenvalue weighted by molar-refractivity contribution is 0.206. The van der Waals surface area contributed by atoms with Crippen LogP contribution in [0.5, 0.6) is 0 Å². The maximum Gasteiger partial charge on any atom is 0.427 e. The average Bonchev–Trinajstić information content (AvgIpc) is 3.44. The lowest BCUT2D eigenvalue weighted by atomic mass is 10.2. The molecule has 2 heterocycles. The summed E-state index contributed by atoms with van der Waals surface area (Å²) in [6.07, 6.45) is -1.22. The van der Waals surface area contributed by atoms with Gasteiger partial charge in [-0.25, -0.2) is 22.0 Å². The van der Waals surface area contributed by atoms with E-state index in [0.29, 0.717) is 6.54 Å². The minimum absolute atomic E-state index is 0.0380. The molecule has 180 valence electrons. The highest BCUT2D eigenvalue weighted by Gasteiger charge is 2.38. The molecule has 1 saturated heterocycles. The summed E-state index contributed by atoms with van der Waals surface area (Å²) in [6.45, 7) is 2.14. The monoisotopic (exact) mass is 572 g/mol. The molecule has 1 aromatic heterocycles. The molecule has 8 nitrogen and oxygen atoms in total. The van der Waals surface area contributed by atoms with Crippen LogP contribution >= 0.6 is 27.5 Å². The maximum absolute atomic E-state index is 15.2. The number of sulfonamides is 1. The molecule has 0 aliphatic carbocycles. The van der Waals surface area contributed by atoms with Crippen LogP contribution in [-0.2, 0) is 16.6 Å². The lowest BCUT2D eigenvalue weighted by Gasteiger charge is -2.21. The van der Waals surface area contributed by atoms with Crippen LogP contribution in [-0.4, -0.2) is 48.0 Å². The Hall–Kier alpha value is -2.61. The van der Waals surface area contributed by atoms with E-state index in [1.54, 1.807) is 0 Å². The van der Waals surface area contributed by atoms with Crippen LogP contribution in [0.15, 0.2) is 57.2 Å². The molecule has 2 aromatic carbocycles. The minimum Gasteiger partial charge on any atom is -0.464 e. The van der Waals surface area contributed by atoms with Crippen molar-refractivity contribution in [3.8, 4) is 0 Å². The number of halogens is 3. The number of likely N-dealkylation sites (tertiary alicyclic amines) is 1. The second kappa shape index (κ2) is 9.94. The highest BCUT2D eigenvalue weighted by molar-refractivity contribution is 9.10. The van der Waals surface area contributed by atoms with Crippen LogP contribution in [0.3, 0.4) is 0 Å². The molecule has 34 heavy (non-hydrogen) atoms. The molecule has 0 saturated carbocycles. The average molecular weight is 573 g/mol. The highest BCUT2D eigenvalue weighted by atomic mass is 79.9. The van der Waals surface area contributed by atoms with Gasteiger partial charge in [0.1, 0.15) is 5.82 Å². The highest BCUT2D eigenvalue weighted by Crippen LogP contribution is 2.36. The van der Waals surface area contributed by atoms with Gasteiger partial charge < -0.3 is 10.4 Å². The Kier molecular flexibility index (Phi) is 7.17. The smallest absolute Gasteiger partial charge is 0.427 e. The van der Waals surface area contributed by atoms with Crippen molar-refractivity contribution >= 4 is 55.1 Å². The molecule has 0 spiro atoms. The van der Waals surface area contributed by atoms with Gasteiger partial charge in [-0.05, 0) is 51.6 Å². The molecule has 1 aliphatic heterocycles. The molecule has 1 aliphatic rings. The first-order valence-corrected chi connectivity index (χ1v) is 13.1. The van der Waals surface area contributed by atoms with Gasteiger partial charge >= 0.3 is 6.09 Å². The van der Waals surface area contributed by atoms with Gasteiger partial charge in [-0.2, -0.15) is 4.37 Å². The van der Waals surface area contributed by atoms with E-state index >= 15 is 4.39 Å². The third-order valence-electron chi connectivity index (χ3n) is 5.30. The third-order valence-corrected chi connectivity index (χ3v) is 8.34. The van der Waals surface area contributed by atoms with E-state index in [4.69, 9.17) is 0 Å². The Morgan fingerprint density at radius 3 is 2.68 bits per heavy atom. The molecule has 4 rings (SSSR count). The second-order valence-corrected chi connectivity index (χ2v) is 10.8. The fraction of sp³-hybridized carbons (Fsp3) is 0.238. The summed E-state index contributed by atoms with van der Waals surface area (Å²) in [7, 11) is -5.13. The largest absolute Gasteiger partial charge is 0.464 e. The number of hydrogen-bond donors (Lipinski definition) is 2.